The van der Waals surface area contributed by atoms with Crippen LogP contribution in [0.3, 0.4) is 0 Å². The summed E-state index contributed by atoms with van der Waals surface area (Å²) < 4.78 is 4.44. The lowest BCUT2D eigenvalue weighted by Gasteiger charge is -2.34. The number of aliphatic hydroxyl groups is 1. The largest absolute Gasteiger partial charge is 0.392 e. The molecule has 0 aromatic carbocycles. The molecule has 0 bridgehead atoms. The summed E-state index contributed by atoms with van der Waals surface area (Å²) in [5.74, 6) is 0.880. The van der Waals surface area contributed by atoms with Crippen molar-refractivity contribution in [1.82, 2.24) is 14.3 Å². The fourth-order valence-electron chi connectivity index (χ4n) is 2.80. The van der Waals surface area contributed by atoms with Gasteiger partial charge in [-0.15, -0.1) is 0 Å². The molecule has 1 aliphatic rings. The third-order valence-electron chi connectivity index (χ3n) is 3.77. The fraction of sp³-hybridized carbons (Fsp3) is 0.857. The summed E-state index contributed by atoms with van der Waals surface area (Å²) in [7, 11) is 3.97. The van der Waals surface area contributed by atoms with E-state index in [-0.39, 0.29) is 6.10 Å². The van der Waals surface area contributed by atoms with Crippen LogP contribution in [0.4, 0.5) is 5.13 Å². The maximum absolute atomic E-state index is 9.74. The highest BCUT2D eigenvalue weighted by Gasteiger charge is 2.23. The molecule has 0 spiro atoms. The van der Waals surface area contributed by atoms with E-state index in [1.54, 1.807) is 0 Å². The number of hydrogen-bond acceptors (Lipinski definition) is 6. The number of nitrogens with zero attached hydrogens (tertiary/aromatic N) is 4. The zero-order valence-corrected chi connectivity index (χ0v) is 13.6. The molecule has 1 heterocycles. The minimum atomic E-state index is -0.302. The molecule has 20 heavy (non-hydrogen) atoms. The van der Waals surface area contributed by atoms with E-state index >= 15 is 0 Å². The third kappa shape index (κ3) is 4.40. The second-order valence-electron chi connectivity index (χ2n) is 5.96. The van der Waals surface area contributed by atoms with Gasteiger partial charge in [-0.2, -0.15) is 4.37 Å². The average Bonchev–Trinajstić information content (AvgIpc) is 2.87. The number of aliphatic hydroxyl groups excluding tert-OH is 1. The minimum absolute atomic E-state index is 0.302. The summed E-state index contributed by atoms with van der Waals surface area (Å²) >= 11 is 1.44. The van der Waals surface area contributed by atoms with Gasteiger partial charge in [0.15, 0.2) is 5.82 Å². The van der Waals surface area contributed by atoms with E-state index in [1.165, 1.54) is 43.6 Å². The Labute approximate surface area is 125 Å². The van der Waals surface area contributed by atoms with Gasteiger partial charge in [-0.05, 0) is 19.8 Å². The Kier molecular flexibility index (Phi) is 5.74. The van der Waals surface area contributed by atoms with Crippen LogP contribution in [0.25, 0.3) is 0 Å². The third-order valence-corrected chi connectivity index (χ3v) is 4.70. The van der Waals surface area contributed by atoms with Crippen molar-refractivity contribution in [3.63, 3.8) is 0 Å². The molecule has 1 aromatic rings. The van der Waals surface area contributed by atoms with Crippen LogP contribution in [-0.2, 0) is 6.54 Å². The summed E-state index contributed by atoms with van der Waals surface area (Å²) in [5, 5.41) is 10.7. The van der Waals surface area contributed by atoms with Crippen LogP contribution in [0.2, 0.25) is 0 Å². The molecule has 6 heteroatoms. The number of hydrogen-bond donors (Lipinski definition) is 1. The van der Waals surface area contributed by atoms with Crippen molar-refractivity contribution in [2.24, 2.45) is 0 Å². The number of rotatable bonds is 6. The topological polar surface area (TPSA) is 52.5 Å². The van der Waals surface area contributed by atoms with Crippen molar-refractivity contribution < 1.29 is 5.11 Å². The summed E-state index contributed by atoms with van der Waals surface area (Å²) in [6.07, 6.45) is 6.11. The van der Waals surface area contributed by atoms with Crippen molar-refractivity contribution >= 4 is 16.7 Å². The number of anilines is 1. The monoisotopic (exact) mass is 298 g/mol. The van der Waals surface area contributed by atoms with Gasteiger partial charge in [-0.3, -0.25) is 4.90 Å². The molecular weight excluding hydrogens is 272 g/mol. The van der Waals surface area contributed by atoms with Gasteiger partial charge in [0.05, 0.1) is 12.6 Å². The molecule has 1 N–H and O–H groups in total. The SMILES string of the molecule is CC(O)CN(Cc1nsc(N(C)C)n1)C1CCCCC1. The van der Waals surface area contributed by atoms with E-state index in [0.29, 0.717) is 12.6 Å². The summed E-state index contributed by atoms with van der Waals surface area (Å²) in [5.41, 5.74) is 0. The zero-order valence-electron chi connectivity index (χ0n) is 12.7. The summed E-state index contributed by atoms with van der Waals surface area (Å²) in [4.78, 5) is 8.91. The zero-order chi connectivity index (χ0) is 14.5. The number of aromatic nitrogens is 2. The van der Waals surface area contributed by atoms with Crippen molar-refractivity contribution in [1.29, 1.82) is 0 Å². The molecule has 114 valence electrons. The first kappa shape index (κ1) is 15.7. The van der Waals surface area contributed by atoms with E-state index in [2.05, 4.69) is 14.3 Å². The molecule has 5 nitrogen and oxygen atoms in total. The Morgan fingerprint density at radius 3 is 2.55 bits per heavy atom. The first-order valence-corrected chi connectivity index (χ1v) is 8.25. The van der Waals surface area contributed by atoms with Gasteiger partial charge in [0.25, 0.3) is 0 Å². The summed E-state index contributed by atoms with van der Waals surface area (Å²) in [6, 6.07) is 0.574. The molecule has 1 atom stereocenters. The molecule has 0 saturated heterocycles. The maximum atomic E-state index is 9.74. The van der Waals surface area contributed by atoms with Crippen LogP contribution in [0, 0.1) is 0 Å². The molecule has 2 rings (SSSR count). The van der Waals surface area contributed by atoms with Gasteiger partial charge < -0.3 is 10.0 Å². The van der Waals surface area contributed by atoms with Crippen LogP contribution < -0.4 is 4.90 Å². The molecule has 0 amide bonds. The van der Waals surface area contributed by atoms with Crippen LogP contribution >= 0.6 is 11.5 Å². The lowest BCUT2D eigenvalue weighted by Crippen LogP contribution is -2.40. The molecule has 0 aliphatic heterocycles. The van der Waals surface area contributed by atoms with Crippen LogP contribution in [0.5, 0.6) is 0 Å². The lowest BCUT2D eigenvalue weighted by molar-refractivity contribution is 0.0753. The molecule has 0 radical (unpaired) electrons. The van der Waals surface area contributed by atoms with Gasteiger partial charge in [0.1, 0.15) is 0 Å². The smallest absolute Gasteiger partial charge is 0.204 e. The Bertz CT molecular complexity index is 402. The fourth-order valence-corrected chi connectivity index (χ4v) is 3.40. The first-order valence-electron chi connectivity index (χ1n) is 7.48. The highest BCUT2D eigenvalue weighted by atomic mass is 32.1. The van der Waals surface area contributed by atoms with Crippen LogP contribution in [0.1, 0.15) is 44.9 Å². The molecular formula is C14H26N4OS. The molecule has 1 aromatic heterocycles. The van der Waals surface area contributed by atoms with E-state index in [0.717, 1.165) is 17.5 Å². The Morgan fingerprint density at radius 1 is 1.30 bits per heavy atom. The van der Waals surface area contributed by atoms with Crippen LogP contribution in [0.15, 0.2) is 0 Å². The van der Waals surface area contributed by atoms with Crippen molar-refractivity contribution in [2.45, 2.75) is 57.7 Å². The highest BCUT2D eigenvalue weighted by Crippen LogP contribution is 2.24. The Balaban J connectivity index is 2.01. The van der Waals surface area contributed by atoms with Gasteiger partial charge in [-0.1, -0.05) is 19.3 Å². The lowest BCUT2D eigenvalue weighted by atomic mass is 9.94. The maximum Gasteiger partial charge on any atom is 0.204 e. The van der Waals surface area contributed by atoms with Gasteiger partial charge in [-0.25, -0.2) is 4.98 Å². The predicted octanol–water partition coefficient (Wildman–Crippen LogP) is 2.12. The van der Waals surface area contributed by atoms with E-state index in [9.17, 15) is 5.11 Å². The summed E-state index contributed by atoms with van der Waals surface area (Å²) in [6.45, 7) is 3.32. The van der Waals surface area contributed by atoms with Gasteiger partial charge in [0.2, 0.25) is 5.13 Å². The van der Waals surface area contributed by atoms with Gasteiger partial charge in [0, 0.05) is 38.2 Å². The molecule has 1 saturated carbocycles. The molecule has 1 fully saturated rings. The van der Waals surface area contributed by atoms with Crippen molar-refractivity contribution in [2.75, 3.05) is 25.5 Å². The molecule has 1 unspecified atom stereocenters. The van der Waals surface area contributed by atoms with Crippen molar-refractivity contribution in [3.05, 3.63) is 5.82 Å². The predicted molar refractivity (Wildman–Crippen MR) is 83.2 cm³/mol. The normalized spacial score (nSPS) is 18.4. The van der Waals surface area contributed by atoms with E-state index in [4.69, 9.17) is 0 Å². The quantitative estimate of drug-likeness (QED) is 0.872. The standard InChI is InChI=1S/C14H26N4OS/c1-11(19)9-18(12-7-5-4-6-8-12)10-13-15-14(17(2)3)20-16-13/h11-12,19H,4-10H2,1-3H3. The first-order chi connectivity index (χ1) is 9.56. The Hall–Kier alpha value is -0.720. The Morgan fingerprint density at radius 2 is 2.00 bits per heavy atom. The van der Waals surface area contributed by atoms with Gasteiger partial charge >= 0.3 is 0 Å². The average molecular weight is 298 g/mol. The van der Waals surface area contributed by atoms with E-state index < -0.39 is 0 Å². The second kappa shape index (κ2) is 7.33. The van der Waals surface area contributed by atoms with E-state index in [1.807, 2.05) is 25.9 Å². The highest BCUT2D eigenvalue weighted by molar-refractivity contribution is 7.09. The van der Waals surface area contributed by atoms with Crippen molar-refractivity contribution in [3.8, 4) is 0 Å². The second-order valence-corrected chi connectivity index (χ2v) is 6.69. The molecule has 1 aliphatic carbocycles. The van der Waals surface area contributed by atoms with Crippen LogP contribution in [-0.4, -0.2) is 52.1 Å². The minimum Gasteiger partial charge on any atom is -0.392 e.